The fourth-order valence-corrected chi connectivity index (χ4v) is 6.19. The van der Waals surface area contributed by atoms with E-state index in [0.29, 0.717) is 34.0 Å². The summed E-state index contributed by atoms with van der Waals surface area (Å²) in [5, 5.41) is 2.40. The number of nitrogens with two attached hydrogens (primary N) is 1. The van der Waals surface area contributed by atoms with Crippen molar-refractivity contribution in [1.82, 2.24) is 10.3 Å². The number of aromatic nitrogens is 1. The molecule has 7 nitrogen and oxygen atoms in total. The Hall–Kier alpha value is -3.01. The summed E-state index contributed by atoms with van der Waals surface area (Å²) in [4.78, 5) is 17.8. The largest absolute Gasteiger partial charge is 0.493 e. The van der Waals surface area contributed by atoms with Crippen molar-refractivity contribution in [3.63, 3.8) is 0 Å². The van der Waals surface area contributed by atoms with Crippen LogP contribution < -0.4 is 20.5 Å². The minimum absolute atomic E-state index is 0.00735. The number of rotatable bonds is 11. The maximum Gasteiger partial charge on any atom is 0.252 e. The van der Waals surface area contributed by atoms with Gasteiger partial charge >= 0.3 is 0 Å². The van der Waals surface area contributed by atoms with E-state index in [2.05, 4.69) is 5.32 Å². The molecule has 3 N–H and O–H groups in total. The molecule has 2 unspecified atom stereocenters. The fourth-order valence-electron chi connectivity index (χ4n) is 4.46. The zero-order chi connectivity index (χ0) is 28.6. The number of carbonyl (C=O) groups excluding carboxylic acids is 1. The summed E-state index contributed by atoms with van der Waals surface area (Å²) in [5.74, 6) is 0.339. The lowest BCUT2D eigenvalue weighted by Gasteiger charge is -2.24. The molecule has 40 heavy (non-hydrogen) atoms. The standard InChI is InChI=1S/C30H33ClFN3O4S/c1-30(2,33)20-14-24(18-6-10-23(32)22(31)12-18)35-25(15-20)28(17-4-5-17)40(37)16-34-29(36)19-7-11-26(27(13-19)38-3)39-21-8-9-21/h6-7,10-15,17,21,28H,4-5,8-9,16,33H2,1-3H3,(H,34,36). The molecule has 1 heterocycles. The van der Waals surface area contributed by atoms with E-state index in [-0.39, 0.29) is 28.8 Å². The maximum atomic E-state index is 13.8. The number of hydrogen-bond donors (Lipinski definition) is 2. The number of ether oxygens (including phenoxy) is 2. The third-order valence-electron chi connectivity index (χ3n) is 7.05. The third-order valence-corrected chi connectivity index (χ3v) is 8.96. The molecule has 0 radical (unpaired) electrons. The fraction of sp³-hybridized carbons (Fsp3) is 0.400. The van der Waals surface area contributed by atoms with Crippen molar-refractivity contribution in [2.75, 3.05) is 13.0 Å². The molecule has 10 heteroatoms. The summed E-state index contributed by atoms with van der Waals surface area (Å²) in [7, 11) is 0.0648. The Kier molecular flexibility index (Phi) is 8.17. The van der Waals surface area contributed by atoms with Crippen molar-refractivity contribution in [2.45, 2.75) is 56.4 Å². The number of halogens is 2. The lowest BCUT2D eigenvalue weighted by atomic mass is 9.93. The average molecular weight is 586 g/mol. The van der Waals surface area contributed by atoms with Gasteiger partial charge in [-0.3, -0.25) is 14.0 Å². The van der Waals surface area contributed by atoms with Gasteiger partial charge in [0, 0.05) is 16.7 Å². The quantitative estimate of drug-likeness (QED) is 0.292. The van der Waals surface area contributed by atoms with Crippen LogP contribution in [0.3, 0.4) is 0 Å². The Morgan fingerprint density at radius 2 is 1.90 bits per heavy atom. The van der Waals surface area contributed by atoms with Crippen molar-refractivity contribution in [3.05, 3.63) is 76.2 Å². The first-order valence-corrected chi connectivity index (χ1v) is 15.1. The monoisotopic (exact) mass is 585 g/mol. The van der Waals surface area contributed by atoms with Crippen LogP contribution in [0.25, 0.3) is 11.3 Å². The Balaban J connectivity index is 1.37. The van der Waals surface area contributed by atoms with E-state index < -0.39 is 27.4 Å². The van der Waals surface area contributed by atoms with Crippen LogP contribution in [0, 0.1) is 11.7 Å². The number of carbonyl (C=O) groups is 1. The van der Waals surface area contributed by atoms with Crippen molar-refractivity contribution in [1.29, 1.82) is 0 Å². The van der Waals surface area contributed by atoms with Gasteiger partial charge in [-0.1, -0.05) is 11.6 Å². The van der Waals surface area contributed by atoms with Crippen molar-refractivity contribution in [3.8, 4) is 22.8 Å². The summed E-state index contributed by atoms with van der Waals surface area (Å²) in [6, 6.07) is 13.2. The number of amides is 1. The van der Waals surface area contributed by atoms with Crippen molar-refractivity contribution >= 4 is 28.3 Å². The van der Waals surface area contributed by atoms with E-state index >= 15 is 0 Å². The van der Waals surface area contributed by atoms with Crippen LogP contribution in [0.4, 0.5) is 4.39 Å². The molecule has 2 saturated carbocycles. The molecule has 0 aliphatic heterocycles. The summed E-state index contributed by atoms with van der Waals surface area (Å²) >= 11 is 6.05. The van der Waals surface area contributed by atoms with E-state index in [0.717, 1.165) is 31.2 Å². The predicted molar refractivity (Wildman–Crippen MR) is 154 cm³/mol. The van der Waals surface area contributed by atoms with Crippen molar-refractivity contribution < 1.29 is 22.9 Å². The van der Waals surface area contributed by atoms with Crippen LogP contribution in [0.15, 0.2) is 48.5 Å². The van der Waals surface area contributed by atoms with Gasteiger partial charge in [-0.15, -0.1) is 0 Å². The molecule has 2 atom stereocenters. The van der Waals surface area contributed by atoms with Crippen LogP contribution >= 0.6 is 11.6 Å². The molecule has 5 rings (SSSR count). The molecule has 2 aliphatic rings. The first-order valence-electron chi connectivity index (χ1n) is 13.3. The topological polar surface area (TPSA) is 104 Å². The first-order chi connectivity index (χ1) is 19.0. The highest BCUT2D eigenvalue weighted by Crippen LogP contribution is 2.45. The van der Waals surface area contributed by atoms with E-state index in [4.69, 9.17) is 31.8 Å². The van der Waals surface area contributed by atoms with Crippen LogP contribution in [0.2, 0.25) is 5.02 Å². The second-order valence-corrected chi connectivity index (χ2v) is 13.0. The zero-order valence-electron chi connectivity index (χ0n) is 22.7. The van der Waals surface area contributed by atoms with Gasteiger partial charge in [0.1, 0.15) is 5.82 Å². The second kappa shape index (κ2) is 11.5. The van der Waals surface area contributed by atoms with Gasteiger partial charge in [0.25, 0.3) is 5.91 Å². The van der Waals surface area contributed by atoms with Crippen LogP contribution in [-0.4, -0.2) is 34.2 Å². The molecule has 0 saturated heterocycles. The molecule has 3 aromatic rings. The summed E-state index contributed by atoms with van der Waals surface area (Å²) in [6.07, 6.45) is 4.06. The molecule has 2 aliphatic carbocycles. The number of benzene rings is 2. The van der Waals surface area contributed by atoms with Gasteiger partial charge in [0.2, 0.25) is 0 Å². The minimum atomic E-state index is -1.47. The van der Waals surface area contributed by atoms with Crippen LogP contribution in [0.5, 0.6) is 11.5 Å². The Morgan fingerprint density at radius 1 is 1.15 bits per heavy atom. The lowest BCUT2D eigenvalue weighted by molar-refractivity contribution is 0.0960. The SMILES string of the molecule is COc1cc(C(=O)NCS(=O)C(c2cc(C(C)(C)N)cc(-c3ccc(F)c(Cl)c3)n2)C2CC2)ccc1OC1CC1. The minimum Gasteiger partial charge on any atom is -0.493 e. The van der Waals surface area contributed by atoms with Crippen LogP contribution in [0.1, 0.15) is 66.4 Å². The lowest BCUT2D eigenvalue weighted by Crippen LogP contribution is -2.31. The van der Waals surface area contributed by atoms with Gasteiger partial charge < -0.3 is 20.5 Å². The molecule has 2 aromatic carbocycles. The summed E-state index contributed by atoms with van der Waals surface area (Å²) < 4.78 is 38.8. The third kappa shape index (κ3) is 6.65. The number of nitrogens with zero attached hydrogens (tertiary/aromatic N) is 1. The van der Waals surface area contributed by atoms with Gasteiger partial charge in [0.15, 0.2) is 11.5 Å². The molecular formula is C30H33ClFN3O4S. The molecule has 1 amide bonds. The molecule has 212 valence electrons. The normalized spacial score (nSPS) is 16.8. The summed E-state index contributed by atoms with van der Waals surface area (Å²) in [5.41, 5.74) is 8.78. The maximum absolute atomic E-state index is 13.8. The van der Waals surface area contributed by atoms with Crippen LogP contribution in [-0.2, 0) is 16.3 Å². The number of nitrogens with one attached hydrogen (secondary N) is 1. The van der Waals surface area contributed by atoms with E-state index in [1.807, 2.05) is 26.0 Å². The van der Waals surface area contributed by atoms with Gasteiger partial charge in [-0.05, 0) is 99.5 Å². The molecular weight excluding hydrogens is 553 g/mol. The Morgan fingerprint density at radius 3 is 2.52 bits per heavy atom. The first kappa shape index (κ1) is 28.5. The molecule has 1 aromatic heterocycles. The highest BCUT2D eigenvalue weighted by Gasteiger charge is 2.38. The number of methoxy groups -OCH3 is 1. The predicted octanol–water partition coefficient (Wildman–Crippen LogP) is 5.87. The summed E-state index contributed by atoms with van der Waals surface area (Å²) in [6.45, 7) is 3.76. The molecule has 2 fully saturated rings. The highest BCUT2D eigenvalue weighted by molar-refractivity contribution is 7.85. The second-order valence-electron chi connectivity index (χ2n) is 11.0. The van der Waals surface area contributed by atoms with Gasteiger partial charge in [-0.25, -0.2) is 4.39 Å². The molecule has 0 spiro atoms. The van der Waals surface area contributed by atoms with E-state index in [1.54, 1.807) is 24.3 Å². The Labute approximate surface area is 241 Å². The number of pyridine rings is 1. The molecule has 0 bridgehead atoms. The highest BCUT2D eigenvalue weighted by atomic mass is 35.5. The van der Waals surface area contributed by atoms with E-state index in [1.165, 1.54) is 19.2 Å². The van der Waals surface area contributed by atoms with Crippen molar-refractivity contribution in [2.24, 2.45) is 11.7 Å². The van der Waals surface area contributed by atoms with Gasteiger partial charge in [-0.2, -0.15) is 0 Å². The smallest absolute Gasteiger partial charge is 0.252 e. The zero-order valence-corrected chi connectivity index (χ0v) is 24.3. The van der Waals surface area contributed by atoms with Gasteiger partial charge in [0.05, 0.1) is 51.6 Å². The Bertz CT molecular complexity index is 1450. The average Bonchev–Trinajstić information content (AvgIpc) is 3.85. The van der Waals surface area contributed by atoms with E-state index in [9.17, 15) is 13.4 Å². The number of hydrogen-bond acceptors (Lipinski definition) is 6.